The Morgan fingerprint density at radius 2 is 1.81 bits per heavy atom. The van der Waals surface area contributed by atoms with E-state index >= 15 is 0 Å². The lowest BCUT2D eigenvalue weighted by Crippen LogP contribution is -2.58. The number of H-pyrrole nitrogens is 1. The molecular weight excluding hydrogens is 955 g/mol. The summed E-state index contributed by atoms with van der Waals surface area (Å²) in [6.45, 7) is 10.4. The van der Waals surface area contributed by atoms with Crippen LogP contribution in [0.2, 0.25) is 0 Å². The number of halogens is 1. The lowest BCUT2D eigenvalue weighted by molar-refractivity contribution is -0.384. The number of nitro benzene ring substituents is 1. The number of nitrogens with one attached hydrogen (secondary N) is 3. The van der Waals surface area contributed by atoms with Crippen LogP contribution in [0.4, 0.5) is 17.1 Å². The van der Waals surface area contributed by atoms with Gasteiger partial charge in [-0.1, -0.05) is 38.1 Å². The van der Waals surface area contributed by atoms with E-state index in [2.05, 4.69) is 83.8 Å². The highest BCUT2D eigenvalue weighted by Crippen LogP contribution is 2.53. The molecule has 5 heterocycles. The molecule has 0 unspecified atom stereocenters. The number of fused-ring (bicyclic) bond motifs is 2. The van der Waals surface area contributed by atoms with Gasteiger partial charge in [0, 0.05) is 65.6 Å². The molecule has 4 fully saturated rings. The van der Waals surface area contributed by atoms with Gasteiger partial charge in [0.25, 0.3) is 21.6 Å². The fourth-order valence-electron chi connectivity index (χ4n) is 11.3. The Hall–Kier alpha value is -5.27. The molecule has 5 aromatic rings. The Labute approximate surface area is 404 Å². The fraction of sp³-hybridized carbons (Fsp3) is 0.480. The number of anilines is 2. The maximum atomic E-state index is 14.2. The third-order valence-electron chi connectivity index (χ3n) is 15.2. The Morgan fingerprint density at radius 3 is 2.56 bits per heavy atom. The molecule has 5 aliphatic rings. The summed E-state index contributed by atoms with van der Waals surface area (Å²) in [5, 5.41) is 26.9. The van der Waals surface area contributed by atoms with Crippen LogP contribution in [0.1, 0.15) is 106 Å². The Balaban J connectivity index is 0.864. The van der Waals surface area contributed by atoms with Crippen molar-refractivity contribution in [2.75, 3.05) is 49.7 Å². The third kappa shape index (κ3) is 9.17. The second-order valence-electron chi connectivity index (χ2n) is 20.1. The summed E-state index contributed by atoms with van der Waals surface area (Å²) in [6, 6.07) is 18.3. The van der Waals surface area contributed by atoms with Crippen molar-refractivity contribution in [3.05, 3.63) is 104 Å². The van der Waals surface area contributed by atoms with Crippen molar-refractivity contribution in [3.63, 3.8) is 0 Å². The second kappa shape index (κ2) is 18.2. The van der Waals surface area contributed by atoms with Gasteiger partial charge in [0.1, 0.15) is 23.8 Å². The summed E-state index contributed by atoms with van der Waals surface area (Å²) >= 11 is 3.54. The van der Waals surface area contributed by atoms with Crippen molar-refractivity contribution in [3.8, 4) is 17.2 Å². The van der Waals surface area contributed by atoms with Crippen molar-refractivity contribution in [1.29, 1.82) is 0 Å². The number of nitro groups is 1. The SMILES string of the molecule is CC(C)c1ccccc1[C@@H]1COCCN1C1CC2(CCN(c3ccc(C(=O)NS(=O)(=O)c4cc5c(c([N+](=O)[O-])c4)N[C@@H](C4CCC(C)(O)CC4)CO5)c(Oc4cnc5[nH]cc(Br)c5c4)c3)CC2)C1. The van der Waals surface area contributed by atoms with Crippen LogP contribution in [0.15, 0.2) is 82.4 Å². The molecule has 1 amide bonds. The maximum absolute atomic E-state index is 14.2. The van der Waals surface area contributed by atoms with E-state index in [0.717, 1.165) is 73.5 Å². The zero-order chi connectivity index (χ0) is 47.5. The largest absolute Gasteiger partial charge is 0.489 e. The summed E-state index contributed by atoms with van der Waals surface area (Å²) in [5.74, 6) is -0.00706. The topological polar surface area (TPSA) is 201 Å². The Kier molecular flexibility index (Phi) is 12.5. The molecule has 3 aliphatic heterocycles. The van der Waals surface area contributed by atoms with E-state index < -0.39 is 37.0 Å². The minimum atomic E-state index is -4.68. The predicted molar refractivity (Wildman–Crippen MR) is 261 cm³/mol. The van der Waals surface area contributed by atoms with Gasteiger partial charge in [-0.15, -0.1) is 0 Å². The van der Waals surface area contributed by atoms with E-state index in [1.807, 2.05) is 0 Å². The minimum absolute atomic E-state index is 0.00305. The van der Waals surface area contributed by atoms with E-state index in [9.17, 15) is 28.4 Å². The minimum Gasteiger partial charge on any atom is -0.489 e. The number of rotatable bonds is 11. The first kappa shape index (κ1) is 46.5. The number of hydrogen-bond donors (Lipinski definition) is 4. The van der Waals surface area contributed by atoms with Crippen LogP contribution >= 0.6 is 15.9 Å². The van der Waals surface area contributed by atoms with Crippen LogP contribution in [0.25, 0.3) is 11.0 Å². The molecule has 2 aromatic heterocycles. The number of aromatic amines is 1. The first-order valence-electron chi connectivity index (χ1n) is 23.7. The number of nitrogens with zero attached hydrogens (tertiary/aromatic N) is 4. The molecule has 3 aromatic carbocycles. The normalized spacial score (nSPS) is 24.2. The number of benzene rings is 3. The number of aromatic nitrogens is 2. The molecule has 2 aliphatic carbocycles. The zero-order valence-corrected chi connectivity index (χ0v) is 40.9. The first-order chi connectivity index (χ1) is 32.6. The van der Waals surface area contributed by atoms with Gasteiger partial charge in [-0.25, -0.2) is 18.1 Å². The second-order valence-corrected chi connectivity index (χ2v) is 22.6. The molecular formula is C50H58BrN7O9S. The van der Waals surface area contributed by atoms with Gasteiger partial charge in [-0.05, 0) is 121 Å². The van der Waals surface area contributed by atoms with E-state index in [0.29, 0.717) is 55.6 Å². The molecule has 2 atom stereocenters. The van der Waals surface area contributed by atoms with Crippen molar-refractivity contribution < 1.29 is 37.5 Å². The molecule has 0 bridgehead atoms. The van der Waals surface area contributed by atoms with Crippen LogP contribution < -0.4 is 24.4 Å². The molecule has 360 valence electrons. The van der Waals surface area contributed by atoms with Crippen LogP contribution in [-0.2, 0) is 14.8 Å². The summed E-state index contributed by atoms with van der Waals surface area (Å²) in [4.78, 5) is 37.9. The van der Waals surface area contributed by atoms with Crippen LogP contribution in [0.3, 0.4) is 0 Å². The standard InChI is InChI=1S/C50H58BrN7O9S/c1-30(2)36-6-4-5-7-37(36)43-29-65-19-18-57(43)33-24-50(25-33)14-16-56(17-15-50)32-8-9-38(44(20-32)67-34-21-39-40(51)27-53-47(39)52-26-34)48(59)55-68(63,64)35-22-42(58(61)62)46-45(23-35)66-28-41(54-46)31-10-12-49(3,60)13-11-31/h4-9,20-23,26-27,30-31,33,41,43,54,60H,10-19,24-25,28-29H2,1-3H3,(H,52,53)(H,55,59)/t31?,41-,43+,49?/m1/s1. The number of carbonyl (C=O) groups excluding carboxylic acids is 1. The highest BCUT2D eigenvalue weighted by Gasteiger charge is 2.50. The monoisotopic (exact) mass is 1010 g/mol. The number of ether oxygens (including phenoxy) is 3. The lowest BCUT2D eigenvalue weighted by atomic mass is 9.59. The maximum Gasteiger partial charge on any atom is 0.297 e. The number of morpholine rings is 1. The summed E-state index contributed by atoms with van der Waals surface area (Å²) < 4.78 is 49.4. The van der Waals surface area contributed by atoms with Gasteiger partial charge >= 0.3 is 0 Å². The molecule has 10 rings (SSSR count). The summed E-state index contributed by atoms with van der Waals surface area (Å²) in [7, 11) is -4.68. The van der Waals surface area contributed by atoms with Crippen LogP contribution in [-0.4, -0.2) is 96.4 Å². The number of pyridine rings is 1. The van der Waals surface area contributed by atoms with Gasteiger partial charge in [0.05, 0.1) is 52.5 Å². The van der Waals surface area contributed by atoms with E-state index in [1.165, 1.54) is 23.4 Å². The van der Waals surface area contributed by atoms with Crippen molar-refractivity contribution in [1.82, 2.24) is 19.6 Å². The molecule has 2 saturated heterocycles. The zero-order valence-electron chi connectivity index (χ0n) is 38.5. The van der Waals surface area contributed by atoms with Gasteiger partial charge in [0.2, 0.25) is 0 Å². The number of piperidine rings is 1. The van der Waals surface area contributed by atoms with Crippen molar-refractivity contribution in [2.45, 2.75) is 107 Å². The number of amides is 1. The number of aliphatic hydroxyl groups is 1. The predicted octanol–water partition coefficient (Wildman–Crippen LogP) is 9.20. The highest BCUT2D eigenvalue weighted by atomic mass is 79.9. The lowest BCUT2D eigenvalue weighted by Gasteiger charge is -2.57. The molecule has 68 heavy (non-hydrogen) atoms. The molecule has 4 N–H and O–H groups in total. The van der Waals surface area contributed by atoms with Gasteiger partial charge in [0.15, 0.2) is 11.4 Å². The molecule has 2 saturated carbocycles. The molecule has 18 heteroatoms. The number of carbonyl (C=O) groups is 1. The van der Waals surface area contributed by atoms with E-state index in [-0.39, 0.29) is 52.8 Å². The van der Waals surface area contributed by atoms with Gasteiger partial charge < -0.3 is 34.5 Å². The van der Waals surface area contributed by atoms with Crippen molar-refractivity contribution in [2.24, 2.45) is 11.3 Å². The first-order valence-corrected chi connectivity index (χ1v) is 26.0. The fourth-order valence-corrected chi connectivity index (χ4v) is 12.7. The van der Waals surface area contributed by atoms with Gasteiger partial charge in [-0.3, -0.25) is 19.8 Å². The summed E-state index contributed by atoms with van der Waals surface area (Å²) in [5.41, 5.74) is 3.23. The van der Waals surface area contributed by atoms with Crippen LogP contribution in [0, 0.1) is 21.4 Å². The van der Waals surface area contributed by atoms with Gasteiger partial charge in [-0.2, -0.15) is 0 Å². The van der Waals surface area contributed by atoms with Crippen molar-refractivity contribution >= 4 is 60.0 Å². The third-order valence-corrected chi connectivity index (χ3v) is 17.2. The average Bonchev–Trinajstić information content (AvgIpc) is 3.69. The highest BCUT2D eigenvalue weighted by molar-refractivity contribution is 9.10. The average molecular weight is 1010 g/mol. The molecule has 16 nitrogen and oxygen atoms in total. The summed E-state index contributed by atoms with van der Waals surface area (Å²) in [6.07, 6.45) is 10.2. The number of sulfonamides is 1. The van der Waals surface area contributed by atoms with E-state index in [4.69, 9.17) is 14.2 Å². The number of hydrogen-bond acceptors (Lipinski definition) is 13. The molecule has 0 radical (unpaired) electrons. The smallest absolute Gasteiger partial charge is 0.297 e. The quantitative estimate of drug-likeness (QED) is 0.0722. The Bertz CT molecular complexity index is 2850. The Morgan fingerprint density at radius 1 is 1.04 bits per heavy atom. The molecule has 1 spiro atoms. The van der Waals surface area contributed by atoms with Crippen LogP contribution in [0.5, 0.6) is 17.2 Å². The van der Waals surface area contributed by atoms with E-state index in [1.54, 1.807) is 37.4 Å².